The highest BCUT2D eigenvalue weighted by Crippen LogP contribution is 2.37. The van der Waals surface area contributed by atoms with Crippen molar-refractivity contribution in [3.05, 3.63) is 15.6 Å². The molecule has 0 bridgehead atoms. The molecule has 1 amide bonds. The van der Waals surface area contributed by atoms with E-state index in [1.54, 1.807) is 0 Å². The number of carbonyl (C=O) groups excluding carboxylic acids is 1. The van der Waals surface area contributed by atoms with Crippen LogP contribution in [0.15, 0.2) is 0 Å². The quantitative estimate of drug-likeness (QED) is 0.848. The summed E-state index contributed by atoms with van der Waals surface area (Å²) in [6.45, 7) is 6.06. The van der Waals surface area contributed by atoms with Gasteiger partial charge < -0.3 is 10.4 Å². The van der Waals surface area contributed by atoms with Crippen molar-refractivity contribution >= 4 is 17.2 Å². The number of hydrogen-bond donors (Lipinski definition) is 2. The maximum absolute atomic E-state index is 12.4. The second kappa shape index (κ2) is 7.36. The van der Waals surface area contributed by atoms with E-state index in [1.807, 2.05) is 6.92 Å². The second-order valence-electron chi connectivity index (χ2n) is 6.43. The molecule has 1 fully saturated rings. The van der Waals surface area contributed by atoms with Crippen LogP contribution >= 0.6 is 11.3 Å². The highest BCUT2D eigenvalue weighted by Gasteiger charge is 2.24. The molecule has 0 aromatic carbocycles. The zero-order chi connectivity index (χ0) is 15.4. The molecule has 2 rings (SSSR count). The van der Waals surface area contributed by atoms with Gasteiger partial charge in [0, 0.05) is 5.92 Å². The first kappa shape index (κ1) is 16.4. The molecule has 0 radical (unpaired) electrons. The lowest BCUT2D eigenvalue weighted by atomic mass is 10.0. The predicted octanol–water partition coefficient (Wildman–Crippen LogP) is 3.25. The van der Waals surface area contributed by atoms with Crippen molar-refractivity contribution in [1.82, 2.24) is 10.3 Å². The average molecular weight is 310 g/mol. The number of nitrogens with zero attached hydrogens (tertiary/aromatic N) is 1. The Hall–Kier alpha value is -0.940. The Bertz CT molecular complexity index is 479. The van der Waals surface area contributed by atoms with Crippen LogP contribution in [-0.2, 0) is 0 Å². The minimum atomic E-state index is -0.172. The third-order valence-electron chi connectivity index (χ3n) is 4.04. The molecule has 1 aliphatic rings. The van der Waals surface area contributed by atoms with Gasteiger partial charge >= 0.3 is 0 Å². The van der Waals surface area contributed by atoms with Gasteiger partial charge in [-0.25, -0.2) is 4.98 Å². The summed E-state index contributed by atoms with van der Waals surface area (Å²) in [5.41, 5.74) is 0.820. The van der Waals surface area contributed by atoms with Crippen molar-refractivity contribution in [2.75, 3.05) is 6.61 Å². The summed E-state index contributed by atoms with van der Waals surface area (Å²) in [6.07, 6.45) is 5.72. The van der Waals surface area contributed by atoms with Crippen molar-refractivity contribution in [3.63, 3.8) is 0 Å². The van der Waals surface area contributed by atoms with Crippen molar-refractivity contribution in [2.45, 2.75) is 64.8 Å². The highest BCUT2D eigenvalue weighted by molar-refractivity contribution is 7.13. The fraction of sp³-hybridized carbons (Fsp3) is 0.750. The van der Waals surface area contributed by atoms with Gasteiger partial charge in [0.2, 0.25) is 0 Å². The number of thiazole rings is 1. The molecule has 1 atom stereocenters. The molecule has 0 saturated heterocycles. The van der Waals surface area contributed by atoms with Crippen molar-refractivity contribution < 1.29 is 9.90 Å². The summed E-state index contributed by atoms with van der Waals surface area (Å²) < 4.78 is 0. The van der Waals surface area contributed by atoms with Crippen LogP contribution < -0.4 is 5.32 Å². The van der Waals surface area contributed by atoms with Crippen LogP contribution in [0.3, 0.4) is 0 Å². The number of aryl methyl sites for hydroxylation is 1. The van der Waals surface area contributed by atoms with Gasteiger partial charge in [-0.15, -0.1) is 11.3 Å². The fourth-order valence-electron chi connectivity index (χ4n) is 2.97. The molecule has 0 unspecified atom stereocenters. The SMILES string of the molecule is Cc1nc(C2CCCC2)sc1C(=O)N[C@H](CO)CC(C)C. The molecule has 1 aromatic rings. The Morgan fingerprint density at radius 1 is 1.43 bits per heavy atom. The van der Waals surface area contributed by atoms with Gasteiger partial charge in [0.25, 0.3) is 5.91 Å². The molecule has 1 heterocycles. The van der Waals surface area contributed by atoms with Crippen LogP contribution in [0.4, 0.5) is 0 Å². The van der Waals surface area contributed by atoms with E-state index in [9.17, 15) is 9.90 Å². The molecule has 21 heavy (non-hydrogen) atoms. The number of aliphatic hydroxyl groups excluding tert-OH is 1. The zero-order valence-corrected chi connectivity index (χ0v) is 14.0. The fourth-order valence-corrected chi connectivity index (χ4v) is 4.11. The second-order valence-corrected chi connectivity index (χ2v) is 7.46. The standard InChI is InChI=1S/C16H26N2O2S/c1-10(2)8-13(9-19)18-15(20)14-11(3)17-16(21-14)12-6-4-5-7-12/h10,12-13,19H,4-9H2,1-3H3,(H,18,20)/t13-/m0/s1. The Labute approximate surface area is 131 Å². The van der Waals surface area contributed by atoms with Gasteiger partial charge in [0.15, 0.2) is 0 Å². The van der Waals surface area contributed by atoms with E-state index in [4.69, 9.17) is 0 Å². The molecule has 4 nitrogen and oxygen atoms in total. The van der Waals surface area contributed by atoms with Crippen LogP contribution in [0.2, 0.25) is 0 Å². The maximum atomic E-state index is 12.4. The van der Waals surface area contributed by atoms with Crippen molar-refractivity contribution in [1.29, 1.82) is 0 Å². The van der Waals surface area contributed by atoms with Crippen molar-refractivity contribution in [2.24, 2.45) is 5.92 Å². The first-order valence-electron chi connectivity index (χ1n) is 7.90. The molecular weight excluding hydrogens is 284 g/mol. The topological polar surface area (TPSA) is 62.2 Å². The number of hydrogen-bond acceptors (Lipinski definition) is 4. The Morgan fingerprint density at radius 2 is 2.10 bits per heavy atom. The van der Waals surface area contributed by atoms with Crippen LogP contribution in [0, 0.1) is 12.8 Å². The molecule has 0 aliphatic heterocycles. The molecule has 118 valence electrons. The van der Waals surface area contributed by atoms with E-state index in [1.165, 1.54) is 37.0 Å². The van der Waals surface area contributed by atoms with Gasteiger partial charge in [-0.3, -0.25) is 4.79 Å². The molecule has 1 aliphatic carbocycles. The van der Waals surface area contributed by atoms with E-state index in [0.717, 1.165) is 17.1 Å². The predicted molar refractivity (Wildman–Crippen MR) is 85.9 cm³/mol. The summed E-state index contributed by atoms with van der Waals surface area (Å²) in [5, 5.41) is 13.4. The highest BCUT2D eigenvalue weighted by atomic mass is 32.1. The minimum Gasteiger partial charge on any atom is -0.394 e. The summed E-state index contributed by atoms with van der Waals surface area (Å²) in [7, 11) is 0. The van der Waals surface area contributed by atoms with Crippen molar-refractivity contribution in [3.8, 4) is 0 Å². The third kappa shape index (κ3) is 4.27. The molecule has 1 aromatic heterocycles. The average Bonchev–Trinajstić information content (AvgIpc) is 3.05. The molecule has 0 spiro atoms. The maximum Gasteiger partial charge on any atom is 0.263 e. The monoisotopic (exact) mass is 310 g/mol. The van der Waals surface area contributed by atoms with Gasteiger partial charge in [-0.2, -0.15) is 0 Å². The Kier molecular flexibility index (Phi) is 5.76. The van der Waals surface area contributed by atoms with Gasteiger partial charge in [-0.1, -0.05) is 26.7 Å². The number of nitrogens with one attached hydrogen (secondary N) is 1. The van der Waals surface area contributed by atoms with E-state index >= 15 is 0 Å². The number of amides is 1. The van der Waals surface area contributed by atoms with E-state index in [0.29, 0.717) is 16.7 Å². The van der Waals surface area contributed by atoms with Crippen LogP contribution in [0.1, 0.15) is 72.2 Å². The van der Waals surface area contributed by atoms with E-state index in [2.05, 4.69) is 24.1 Å². The molecule has 1 saturated carbocycles. The van der Waals surface area contributed by atoms with Gasteiger partial charge in [0.1, 0.15) is 4.88 Å². The van der Waals surface area contributed by atoms with Gasteiger partial charge in [0.05, 0.1) is 23.4 Å². The minimum absolute atomic E-state index is 0.0166. The normalized spacial score (nSPS) is 17.4. The van der Waals surface area contributed by atoms with Crippen LogP contribution in [-0.4, -0.2) is 28.6 Å². The summed E-state index contributed by atoms with van der Waals surface area (Å²) >= 11 is 1.53. The first-order valence-corrected chi connectivity index (χ1v) is 8.72. The smallest absolute Gasteiger partial charge is 0.263 e. The molecule has 5 heteroatoms. The van der Waals surface area contributed by atoms with E-state index in [-0.39, 0.29) is 18.6 Å². The lowest BCUT2D eigenvalue weighted by Crippen LogP contribution is -2.38. The van der Waals surface area contributed by atoms with Gasteiger partial charge in [-0.05, 0) is 32.1 Å². The molecular formula is C16H26N2O2S. The lowest BCUT2D eigenvalue weighted by Gasteiger charge is -2.17. The summed E-state index contributed by atoms with van der Waals surface area (Å²) in [6, 6.07) is -0.172. The summed E-state index contributed by atoms with van der Waals surface area (Å²) in [4.78, 5) is 17.7. The van der Waals surface area contributed by atoms with Crippen LogP contribution in [0.25, 0.3) is 0 Å². The lowest BCUT2D eigenvalue weighted by molar-refractivity contribution is 0.0911. The van der Waals surface area contributed by atoms with Crippen LogP contribution in [0.5, 0.6) is 0 Å². The largest absolute Gasteiger partial charge is 0.394 e. The Balaban J connectivity index is 2.04. The number of rotatable bonds is 6. The Morgan fingerprint density at radius 3 is 2.67 bits per heavy atom. The van der Waals surface area contributed by atoms with E-state index < -0.39 is 0 Å². The number of carbonyl (C=O) groups is 1. The zero-order valence-electron chi connectivity index (χ0n) is 13.2. The first-order chi connectivity index (χ1) is 10.0. The molecule has 2 N–H and O–H groups in total. The third-order valence-corrected chi connectivity index (χ3v) is 5.35. The summed E-state index contributed by atoms with van der Waals surface area (Å²) in [5.74, 6) is 0.896. The number of aliphatic hydroxyl groups is 1. The number of aromatic nitrogens is 1.